The molecule has 0 saturated carbocycles. The van der Waals surface area contributed by atoms with Gasteiger partial charge in [0.2, 0.25) is 0 Å². The number of nitrogens with zero attached hydrogens (tertiary/aromatic N) is 3. The molecular formula is C9H7N3O4. The van der Waals surface area contributed by atoms with Crippen LogP contribution in [0.25, 0.3) is 5.53 Å². The SMILES string of the molecule is COc1ccc(C(=O)C(=[N+]=[N-])[N+](=O)[O-])cc1. The van der Waals surface area contributed by atoms with Gasteiger partial charge in [-0.05, 0) is 24.3 Å². The van der Waals surface area contributed by atoms with Gasteiger partial charge in [-0.1, -0.05) is 4.79 Å². The van der Waals surface area contributed by atoms with Crippen LogP contribution in [0, 0.1) is 10.1 Å². The molecule has 0 amide bonds. The van der Waals surface area contributed by atoms with Crippen molar-refractivity contribution >= 4 is 11.6 Å². The quantitative estimate of drug-likeness (QED) is 0.143. The summed E-state index contributed by atoms with van der Waals surface area (Å²) in [5.41, 5.74) is 8.38. The molecule has 0 aliphatic heterocycles. The zero-order chi connectivity index (χ0) is 12.1. The number of ether oxygens (including phenoxy) is 1. The lowest BCUT2D eigenvalue weighted by atomic mass is 10.1. The van der Waals surface area contributed by atoms with E-state index >= 15 is 0 Å². The number of amidine groups is 1. The molecule has 0 spiro atoms. The highest BCUT2D eigenvalue weighted by Crippen LogP contribution is 2.11. The van der Waals surface area contributed by atoms with Crippen molar-refractivity contribution in [2.75, 3.05) is 7.11 Å². The Kier molecular flexibility index (Phi) is 3.47. The van der Waals surface area contributed by atoms with Crippen molar-refractivity contribution in [2.45, 2.75) is 0 Å². The Morgan fingerprint density at radius 3 is 2.38 bits per heavy atom. The van der Waals surface area contributed by atoms with Crippen molar-refractivity contribution in [2.24, 2.45) is 0 Å². The Balaban J connectivity index is 3.05. The second-order valence-electron chi connectivity index (χ2n) is 2.74. The van der Waals surface area contributed by atoms with Crippen LogP contribution in [0.15, 0.2) is 24.3 Å². The van der Waals surface area contributed by atoms with E-state index in [1.165, 1.54) is 31.4 Å². The molecule has 0 unspecified atom stereocenters. The smallest absolute Gasteiger partial charge is 0.497 e. The Morgan fingerprint density at radius 2 is 2.00 bits per heavy atom. The molecule has 1 rings (SSSR count). The number of rotatable bonds is 3. The number of hydrogen-bond donors (Lipinski definition) is 0. The lowest BCUT2D eigenvalue weighted by Crippen LogP contribution is -2.24. The summed E-state index contributed by atoms with van der Waals surface area (Å²) in [6.07, 6.45) is 0. The van der Waals surface area contributed by atoms with E-state index in [-0.39, 0.29) is 5.56 Å². The maximum atomic E-state index is 11.4. The van der Waals surface area contributed by atoms with Gasteiger partial charge in [0, 0.05) is 5.56 Å². The van der Waals surface area contributed by atoms with Crippen LogP contribution in [-0.2, 0) is 0 Å². The fourth-order valence-electron chi connectivity index (χ4n) is 1.04. The molecule has 0 saturated heterocycles. The monoisotopic (exact) mass is 221 g/mol. The Bertz CT molecular complexity index is 474. The summed E-state index contributed by atoms with van der Waals surface area (Å²) < 4.78 is 4.86. The number of benzene rings is 1. The minimum Gasteiger partial charge on any atom is -0.497 e. The zero-order valence-electron chi connectivity index (χ0n) is 8.28. The molecule has 1 aromatic rings. The van der Waals surface area contributed by atoms with Crippen LogP contribution < -0.4 is 4.74 Å². The standard InChI is InChI=1S/C9H7N3O4/c1-16-7-4-2-6(3-5-7)8(13)9(11-10)12(14)15/h2-5H,1H3. The highest BCUT2D eigenvalue weighted by atomic mass is 16.6. The Morgan fingerprint density at radius 1 is 1.44 bits per heavy atom. The van der Waals surface area contributed by atoms with Crippen LogP contribution >= 0.6 is 0 Å². The first-order valence-corrected chi connectivity index (χ1v) is 4.15. The number of hydrogen-bond acceptors (Lipinski definition) is 4. The van der Waals surface area contributed by atoms with Crippen molar-refractivity contribution in [3.8, 4) is 5.75 Å². The average molecular weight is 221 g/mol. The van der Waals surface area contributed by atoms with Crippen molar-refractivity contribution in [1.82, 2.24) is 0 Å². The second kappa shape index (κ2) is 4.81. The summed E-state index contributed by atoms with van der Waals surface area (Å²) in [6, 6.07) is 5.63. The van der Waals surface area contributed by atoms with E-state index in [4.69, 9.17) is 10.3 Å². The molecule has 0 radical (unpaired) electrons. The van der Waals surface area contributed by atoms with Crippen LogP contribution in [0.4, 0.5) is 0 Å². The summed E-state index contributed by atoms with van der Waals surface area (Å²) in [4.78, 5) is 23.1. The lowest BCUT2D eigenvalue weighted by molar-refractivity contribution is -0.379. The molecule has 0 atom stereocenters. The average Bonchev–Trinajstić information content (AvgIpc) is 2.29. The minimum atomic E-state index is -1.12. The minimum absolute atomic E-state index is 0.0466. The number of carbonyl (C=O) groups excluding carboxylic acids is 1. The highest BCUT2D eigenvalue weighted by molar-refractivity contribution is 6.40. The van der Waals surface area contributed by atoms with Gasteiger partial charge in [0.15, 0.2) is 0 Å². The summed E-state index contributed by atoms with van der Waals surface area (Å²) in [5, 5.41) is 10.3. The van der Waals surface area contributed by atoms with Crippen LogP contribution in [0.3, 0.4) is 0 Å². The van der Waals surface area contributed by atoms with Gasteiger partial charge < -0.3 is 10.3 Å². The van der Waals surface area contributed by atoms with Gasteiger partial charge in [-0.3, -0.25) is 14.9 Å². The second-order valence-corrected chi connectivity index (χ2v) is 2.74. The molecule has 1 aromatic carbocycles. The normalized spacial score (nSPS) is 9.06. The molecule has 0 aromatic heterocycles. The first-order chi connectivity index (χ1) is 7.60. The number of Topliss-reactive ketones (excluding diaryl/α,β-unsaturated/α-hetero) is 1. The van der Waals surface area contributed by atoms with E-state index in [9.17, 15) is 14.9 Å². The third-order valence-corrected chi connectivity index (χ3v) is 1.82. The lowest BCUT2D eigenvalue weighted by Gasteiger charge is -1.98. The molecule has 16 heavy (non-hydrogen) atoms. The fourth-order valence-corrected chi connectivity index (χ4v) is 1.04. The van der Waals surface area contributed by atoms with Crippen LogP contribution in [0.1, 0.15) is 10.4 Å². The van der Waals surface area contributed by atoms with Crippen molar-refractivity contribution < 1.29 is 19.2 Å². The molecule has 7 nitrogen and oxygen atoms in total. The topological polar surface area (TPSA) is 106 Å². The maximum absolute atomic E-state index is 11.4. The van der Waals surface area contributed by atoms with Crippen LogP contribution in [-0.4, -0.2) is 28.4 Å². The van der Waals surface area contributed by atoms with Crippen molar-refractivity contribution in [1.29, 1.82) is 0 Å². The molecule has 0 N–H and O–H groups in total. The summed E-state index contributed by atoms with van der Waals surface area (Å²) >= 11 is 0. The summed E-state index contributed by atoms with van der Waals surface area (Å²) in [7, 11) is 1.45. The predicted molar refractivity (Wildman–Crippen MR) is 52.9 cm³/mol. The fraction of sp³-hybridized carbons (Fsp3) is 0.111. The molecule has 0 bridgehead atoms. The van der Waals surface area contributed by atoms with E-state index in [1.54, 1.807) is 0 Å². The van der Waals surface area contributed by atoms with Crippen molar-refractivity contribution in [3.63, 3.8) is 0 Å². The number of carbonyl (C=O) groups is 1. The van der Waals surface area contributed by atoms with Gasteiger partial charge >= 0.3 is 11.6 Å². The maximum Gasteiger partial charge on any atom is 0.652 e. The highest BCUT2D eigenvalue weighted by Gasteiger charge is 2.35. The predicted octanol–water partition coefficient (Wildman–Crippen LogP) is 0.783. The van der Waals surface area contributed by atoms with E-state index in [1.807, 2.05) is 0 Å². The summed E-state index contributed by atoms with van der Waals surface area (Å²) in [6.45, 7) is 0. The zero-order valence-corrected chi connectivity index (χ0v) is 8.28. The van der Waals surface area contributed by atoms with E-state index < -0.39 is 16.5 Å². The van der Waals surface area contributed by atoms with Gasteiger partial charge in [0.05, 0.1) is 7.11 Å². The Hall–Kier alpha value is -2.53. The van der Waals surface area contributed by atoms with Crippen LogP contribution in [0.5, 0.6) is 5.75 Å². The third-order valence-electron chi connectivity index (χ3n) is 1.82. The molecule has 82 valence electrons. The summed E-state index contributed by atoms with van der Waals surface area (Å²) in [5.74, 6) is -1.57. The molecule has 0 fully saturated rings. The Labute approximate surface area is 90.0 Å². The van der Waals surface area contributed by atoms with Gasteiger partial charge in [0.25, 0.3) is 0 Å². The first-order valence-electron chi connectivity index (χ1n) is 4.15. The largest absolute Gasteiger partial charge is 0.652 e. The number of nitro groups is 1. The van der Waals surface area contributed by atoms with E-state index in [0.29, 0.717) is 5.75 Å². The molecule has 0 aliphatic carbocycles. The van der Waals surface area contributed by atoms with Gasteiger partial charge in [-0.15, -0.1) is 0 Å². The number of ketones is 1. The number of methoxy groups -OCH3 is 1. The molecule has 7 heteroatoms. The molecular weight excluding hydrogens is 214 g/mol. The van der Waals surface area contributed by atoms with Gasteiger partial charge in [-0.25, -0.2) is 0 Å². The van der Waals surface area contributed by atoms with Gasteiger partial charge in [-0.2, -0.15) is 0 Å². The van der Waals surface area contributed by atoms with E-state index in [2.05, 4.69) is 4.79 Å². The van der Waals surface area contributed by atoms with Crippen molar-refractivity contribution in [3.05, 3.63) is 45.5 Å². The first kappa shape index (κ1) is 11.5. The molecule has 0 aliphatic rings. The molecule has 0 heterocycles. The van der Waals surface area contributed by atoms with E-state index in [0.717, 1.165) is 0 Å². The third kappa shape index (κ3) is 2.28. The van der Waals surface area contributed by atoms with Crippen LogP contribution in [0.2, 0.25) is 0 Å². The van der Waals surface area contributed by atoms with Gasteiger partial charge in [0.1, 0.15) is 10.7 Å².